The van der Waals surface area contributed by atoms with Gasteiger partial charge in [-0.2, -0.15) is 13.2 Å². The highest BCUT2D eigenvalue weighted by Crippen LogP contribution is 2.33. The van der Waals surface area contributed by atoms with Gasteiger partial charge in [-0.3, -0.25) is 4.90 Å². The summed E-state index contributed by atoms with van der Waals surface area (Å²) >= 11 is 0. The summed E-state index contributed by atoms with van der Waals surface area (Å²) in [6.07, 6.45) is -1.53. The second-order valence-electron chi connectivity index (χ2n) is 7.45. The molecule has 1 amide bonds. The molecule has 1 aromatic heterocycles. The number of fused-ring (bicyclic) bond motifs is 2. The lowest BCUT2D eigenvalue weighted by Crippen LogP contribution is -2.57. The standard InChI is InChI=1S/C16H21F3N4O2/c1-15(2,3)25-14(24)23-11-4-5-12(23)9-22(8-11)13-20-6-10(7-21-13)16(17,18)19/h6-7,11-12H,4-5,8-9H2,1-3H3/t11-,12+. The van der Waals surface area contributed by atoms with Crippen molar-refractivity contribution in [2.75, 3.05) is 18.0 Å². The first-order valence-electron chi connectivity index (χ1n) is 8.20. The Labute approximate surface area is 144 Å². The number of rotatable bonds is 1. The van der Waals surface area contributed by atoms with Crippen LogP contribution in [0.2, 0.25) is 0 Å². The Bertz CT molecular complexity index is 628. The monoisotopic (exact) mass is 358 g/mol. The van der Waals surface area contributed by atoms with E-state index in [0.29, 0.717) is 13.1 Å². The molecule has 0 spiro atoms. The van der Waals surface area contributed by atoms with Crippen molar-refractivity contribution in [2.24, 2.45) is 0 Å². The summed E-state index contributed by atoms with van der Waals surface area (Å²) in [5, 5.41) is 0. The molecule has 0 aliphatic carbocycles. The number of amides is 1. The van der Waals surface area contributed by atoms with E-state index in [9.17, 15) is 18.0 Å². The molecule has 2 aliphatic rings. The molecular formula is C16H21F3N4O2. The van der Waals surface area contributed by atoms with E-state index in [1.165, 1.54) is 0 Å². The zero-order chi connectivity index (χ0) is 18.4. The van der Waals surface area contributed by atoms with Gasteiger partial charge < -0.3 is 9.64 Å². The molecule has 3 rings (SSSR count). The van der Waals surface area contributed by atoms with Gasteiger partial charge in [-0.15, -0.1) is 0 Å². The average molecular weight is 358 g/mol. The Morgan fingerprint density at radius 3 is 2.08 bits per heavy atom. The van der Waals surface area contributed by atoms with E-state index in [1.807, 2.05) is 25.7 Å². The fourth-order valence-corrected chi connectivity index (χ4v) is 3.31. The smallest absolute Gasteiger partial charge is 0.419 e. The largest absolute Gasteiger partial charge is 0.444 e. The van der Waals surface area contributed by atoms with Gasteiger partial charge in [0.15, 0.2) is 0 Å². The Morgan fingerprint density at radius 1 is 1.12 bits per heavy atom. The highest BCUT2D eigenvalue weighted by Gasteiger charge is 2.45. The lowest BCUT2D eigenvalue weighted by molar-refractivity contribution is -0.138. The summed E-state index contributed by atoms with van der Waals surface area (Å²) in [6, 6.07) is -0.0843. The number of alkyl halides is 3. The maximum absolute atomic E-state index is 12.6. The zero-order valence-electron chi connectivity index (χ0n) is 14.4. The molecule has 2 fully saturated rings. The van der Waals surface area contributed by atoms with Crippen molar-refractivity contribution in [3.05, 3.63) is 18.0 Å². The molecule has 2 saturated heterocycles. The van der Waals surface area contributed by atoms with Gasteiger partial charge in [0.2, 0.25) is 5.95 Å². The predicted octanol–water partition coefficient (Wildman–Crippen LogP) is 3.08. The molecule has 1 aromatic rings. The molecule has 25 heavy (non-hydrogen) atoms. The van der Waals surface area contributed by atoms with Crippen molar-refractivity contribution in [1.29, 1.82) is 0 Å². The van der Waals surface area contributed by atoms with Crippen molar-refractivity contribution >= 4 is 12.0 Å². The molecule has 2 bridgehead atoms. The normalized spacial score (nSPS) is 23.8. The van der Waals surface area contributed by atoms with Gasteiger partial charge in [-0.1, -0.05) is 0 Å². The van der Waals surface area contributed by atoms with Crippen LogP contribution in [0.1, 0.15) is 39.2 Å². The number of nitrogens with zero attached hydrogens (tertiary/aromatic N) is 4. The number of halogens is 3. The van der Waals surface area contributed by atoms with Crippen LogP contribution in [0.25, 0.3) is 0 Å². The van der Waals surface area contributed by atoms with E-state index < -0.39 is 17.3 Å². The maximum atomic E-state index is 12.6. The summed E-state index contributed by atoms with van der Waals surface area (Å²) in [7, 11) is 0. The summed E-state index contributed by atoms with van der Waals surface area (Å²) in [5.41, 5.74) is -1.43. The van der Waals surface area contributed by atoms with Crippen molar-refractivity contribution in [3.63, 3.8) is 0 Å². The predicted molar refractivity (Wildman–Crippen MR) is 84.1 cm³/mol. The van der Waals surface area contributed by atoms with Crippen LogP contribution in [0.5, 0.6) is 0 Å². The van der Waals surface area contributed by atoms with Crippen molar-refractivity contribution in [1.82, 2.24) is 14.9 Å². The van der Waals surface area contributed by atoms with E-state index >= 15 is 0 Å². The van der Waals surface area contributed by atoms with Crippen molar-refractivity contribution in [3.8, 4) is 0 Å². The zero-order valence-corrected chi connectivity index (χ0v) is 14.4. The third kappa shape index (κ3) is 3.80. The van der Waals surface area contributed by atoms with Gasteiger partial charge in [0.25, 0.3) is 0 Å². The van der Waals surface area contributed by atoms with Crippen molar-refractivity contribution in [2.45, 2.75) is 57.5 Å². The first-order valence-corrected chi connectivity index (χ1v) is 8.20. The van der Waals surface area contributed by atoms with E-state index in [2.05, 4.69) is 9.97 Å². The van der Waals surface area contributed by atoms with Crippen molar-refractivity contribution < 1.29 is 22.7 Å². The molecule has 2 aliphatic heterocycles. The van der Waals surface area contributed by atoms with Gasteiger partial charge in [0, 0.05) is 25.5 Å². The summed E-state index contributed by atoms with van der Waals surface area (Å²) in [4.78, 5) is 23.7. The maximum Gasteiger partial charge on any atom is 0.419 e. The van der Waals surface area contributed by atoms with Crippen LogP contribution in [0, 0.1) is 0 Å². The summed E-state index contributed by atoms with van der Waals surface area (Å²) < 4.78 is 43.3. The number of ether oxygens (including phenoxy) is 1. The van der Waals surface area contributed by atoms with Crippen LogP contribution >= 0.6 is 0 Å². The minimum atomic E-state index is -4.45. The van der Waals surface area contributed by atoms with Crippen LogP contribution in [-0.4, -0.2) is 51.7 Å². The second-order valence-corrected chi connectivity index (χ2v) is 7.45. The number of aromatic nitrogens is 2. The van der Waals surface area contributed by atoms with E-state index in [1.54, 1.807) is 4.90 Å². The Kier molecular flexibility index (Phi) is 4.28. The lowest BCUT2D eigenvalue weighted by Gasteiger charge is -2.41. The molecule has 0 aromatic carbocycles. The number of hydrogen-bond acceptors (Lipinski definition) is 5. The van der Waals surface area contributed by atoms with Gasteiger partial charge >= 0.3 is 12.3 Å². The van der Waals surface area contributed by atoms with Crippen LogP contribution in [0.15, 0.2) is 12.4 Å². The molecule has 0 radical (unpaired) electrons. The quantitative estimate of drug-likeness (QED) is 0.772. The molecule has 2 atom stereocenters. The summed E-state index contributed by atoms with van der Waals surface area (Å²) in [5.74, 6) is 0.258. The second kappa shape index (κ2) is 6.03. The Morgan fingerprint density at radius 2 is 1.64 bits per heavy atom. The SMILES string of the molecule is CC(C)(C)OC(=O)N1[C@@H]2CC[C@H]1CN(c1ncc(C(F)(F)F)cn1)C2. The van der Waals surface area contributed by atoms with E-state index in [4.69, 9.17) is 4.74 Å². The minimum absolute atomic E-state index is 0.0421. The third-order valence-electron chi connectivity index (χ3n) is 4.33. The third-order valence-corrected chi connectivity index (χ3v) is 4.33. The van der Waals surface area contributed by atoms with E-state index in [-0.39, 0.29) is 24.1 Å². The number of piperazine rings is 1. The average Bonchev–Trinajstić information content (AvgIpc) is 2.75. The molecule has 0 unspecified atom stereocenters. The first-order chi connectivity index (χ1) is 11.5. The fourth-order valence-electron chi connectivity index (χ4n) is 3.31. The molecule has 0 saturated carbocycles. The van der Waals surface area contributed by atoms with Gasteiger partial charge in [0.1, 0.15) is 5.60 Å². The van der Waals surface area contributed by atoms with Gasteiger partial charge in [0.05, 0.1) is 17.6 Å². The fraction of sp³-hybridized carbons (Fsp3) is 0.688. The molecule has 6 nitrogen and oxygen atoms in total. The number of carbonyl (C=O) groups is 1. The number of carbonyl (C=O) groups excluding carboxylic acids is 1. The minimum Gasteiger partial charge on any atom is -0.444 e. The molecule has 0 N–H and O–H groups in total. The van der Waals surface area contributed by atoms with Gasteiger partial charge in [-0.05, 0) is 33.6 Å². The van der Waals surface area contributed by atoms with Crippen LogP contribution in [-0.2, 0) is 10.9 Å². The topological polar surface area (TPSA) is 58.6 Å². The van der Waals surface area contributed by atoms with E-state index in [0.717, 1.165) is 25.2 Å². The number of anilines is 1. The molecule has 3 heterocycles. The molecular weight excluding hydrogens is 337 g/mol. The molecule has 138 valence electrons. The lowest BCUT2D eigenvalue weighted by atomic mass is 10.2. The van der Waals surface area contributed by atoms with Crippen LogP contribution < -0.4 is 4.90 Å². The van der Waals surface area contributed by atoms with Gasteiger partial charge in [-0.25, -0.2) is 14.8 Å². The Hall–Kier alpha value is -2.06. The highest BCUT2D eigenvalue weighted by atomic mass is 19.4. The first kappa shape index (κ1) is 17.8. The van der Waals surface area contributed by atoms with Crippen LogP contribution in [0.3, 0.4) is 0 Å². The summed E-state index contributed by atoms with van der Waals surface area (Å²) in [6.45, 7) is 6.43. The van der Waals surface area contributed by atoms with Crippen LogP contribution in [0.4, 0.5) is 23.9 Å². The Balaban J connectivity index is 1.70. The molecule has 9 heteroatoms. The number of hydrogen-bond donors (Lipinski definition) is 0. The highest BCUT2D eigenvalue weighted by molar-refractivity contribution is 5.70.